The number of nitrogens with one attached hydrogen (secondary N) is 1. The molecule has 4 aromatic rings. The van der Waals surface area contributed by atoms with Crippen molar-refractivity contribution in [2.45, 2.75) is 19.4 Å². The summed E-state index contributed by atoms with van der Waals surface area (Å²) in [6, 6.07) is 8.00. The largest absolute Gasteiger partial charge is 0.573 e. The number of halogens is 4. The van der Waals surface area contributed by atoms with Crippen LogP contribution in [0.1, 0.15) is 17.4 Å². The third-order valence-electron chi connectivity index (χ3n) is 4.75. The molecule has 0 aliphatic heterocycles. The second kappa shape index (κ2) is 8.59. The van der Waals surface area contributed by atoms with Crippen molar-refractivity contribution in [3.05, 3.63) is 65.9 Å². The summed E-state index contributed by atoms with van der Waals surface area (Å²) in [7, 11) is 0. The number of amides is 1. The van der Waals surface area contributed by atoms with Crippen LogP contribution in [0, 0.1) is 12.7 Å². The fourth-order valence-electron chi connectivity index (χ4n) is 3.29. The van der Waals surface area contributed by atoms with Crippen molar-refractivity contribution in [1.29, 1.82) is 0 Å². The third-order valence-corrected chi connectivity index (χ3v) is 4.75. The van der Waals surface area contributed by atoms with Crippen molar-refractivity contribution in [1.82, 2.24) is 19.7 Å². The zero-order chi connectivity index (χ0) is 24.6. The van der Waals surface area contributed by atoms with Gasteiger partial charge >= 0.3 is 6.36 Å². The number of aryl methyl sites for hydroxylation is 1. The Morgan fingerprint density at radius 2 is 1.97 bits per heavy atom. The summed E-state index contributed by atoms with van der Waals surface area (Å²) >= 11 is 0. The minimum absolute atomic E-state index is 0.00889. The number of aliphatic hydroxyl groups is 1. The number of carbonyl (C=O) groups excluding carboxylic acids is 1. The first-order chi connectivity index (χ1) is 16.0. The molecule has 4 N–H and O–H groups in total. The van der Waals surface area contributed by atoms with E-state index >= 15 is 0 Å². The van der Waals surface area contributed by atoms with Gasteiger partial charge in [0.2, 0.25) is 0 Å². The molecule has 9 nitrogen and oxygen atoms in total. The highest BCUT2D eigenvalue weighted by Gasteiger charge is 2.31. The molecule has 1 atom stereocenters. The van der Waals surface area contributed by atoms with Gasteiger partial charge in [0.1, 0.15) is 28.8 Å². The maximum atomic E-state index is 14.9. The molecule has 176 valence electrons. The monoisotopic (exact) mass is 476 g/mol. The number of ether oxygens (including phenoxy) is 1. The topological polar surface area (TPSA) is 128 Å². The Morgan fingerprint density at radius 3 is 2.68 bits per heavy atom. The van der Waals surface area contributed by atoms with Crippen LogP contribution in [0.15, 0.2) is 48.8 Å². The van der Waals surface area contributed by atoms with Crippen LogP contribution in [-0.2, 0) is 4.79 Å². The molecule has 34 heavy (non-hydrogen) atoms. The first-order valence-electron chi connectivity index (χ1n) is 9.64. The molecule has 13 heteroatoms. The zero-order valence-corrected chi connectivity index (χ0v) is 17.3. The number of hydrogen-bond acceptors (Lipinski definition) is 7. The van der Waals surface area contributed by atoms with Gasteiger partial charge < -0.3 is 20.9 Å². The average Bonchev–Trinajstić information content (AvgIpc) is 3.10. The smallest absolute Gasteiger partial charge is 0.406 e. The highest BCUT2D eigenvalue weighted by molar-refractivity contribution is 5.95. The molecule has 1 amide bonds. The number of carbonyl (C=O) groups is 1. The van der Waals surface area contributed by atoms with Gasteiger partial charge in [-0.1, -0.05) is 12.1 Å². The van der Waals surface area contributed by atoms with Gasteiger partial charge in [0, 0.05) is 5.69 Å². The predicted molar refractivity (Wildman–Crippen MR) is 112 cm³/mol. The first kappa shape index (κ1) is 22.9. The molecule has 0 aliphatic carbocycles. The molecule has 0 saturated carbocycles. The molecule has 0 radical (unpaired) electrons. The molecule has 0 aliphatic rings. The van der Waals surface area contributed by atoms with E-state index in [-0.39, 0.29) is 22.8 Å². The second-order valence-corrected chi connectivity index (χ2v) is 7.13. The van der Waals surface area contributed by atoms with Crippen molar-refractivity contribution in [3.63, 3.8) is 0 Å². The minimum Gasteiger partial charge on any atom is -0.406 e. The SMILES string of the molecule is Cc1nn(-c2ccc(NC(=O)C(O)c3cccc(OC(F)(F)F)c3)cc2F)c2c(N)ncnc12. The second-order valence-electron chi connectivity index (χ2n) is 7.13. The lowest BCUT2D eigenvalue weighted by atomic mass is 10.1. The number of benzene rings is 2. The maximum Gasteiger partial charge on any atom is 0.573 e. The van der Waals surface area contributed by atoms with Crippen LogP contribution in [0.4, 0.5) is 29.1 Å². The Hall–Kier alpha value is -4.26. The van der Waals surface area contributed by atoms with E-state index in [4.69, 9.17) is 5.73 Å². The molecule has 4 rings (SSSR count). The van der Waals surface area contributed by atoms with E-state index in [9.17, 15) is 27.5 Å². The number of aliphatic hydroxyl groups excluding tert-OH is 1. The van der Waals surface area contributed by atoms with Crippen LogP contribution in [-0.4, -0.2) is 37.1 Å². The number of nitrogens with zero attached hydrogens (tertiary/aromatic N) is 4. The fourth-order valence-corrected chi connectivity index (χ4v) is 3.29. The Bertz CT molecular complexity index is 1390. The van der Waals surface area contributed by atoms with Crippen LogP contribution < -0.4 is 15.8 Å². The summed E-state index contributed by atoms with van der Waals surface area (Å²) in [6.45, 7) is 1.67. The maximum absolute atomic E-state index is 14.9. The molecule has 1 unspecified atom stereocenters. The van der Waals surface area contributed by atoms with E-state index in [1.807, 2.05) is 0 Å². The molecule has 0 fully saturated rings. The van der Waals surface area contributed by atoms with Crippen LogP contribution >= 0.6 is 0 Å². The number of hydrogen-bond donors (Lipinski definition) is 3. The Balaban J connectivity index is 1.56. The summed E-state index contributed by atoms with van der Waals surface area (Å²) in [6.07, 6.45) is -5.50. The first-order valence-corrected chi connectivity index (χ1v) is 9.64. The molecule has 0 spiro atoms. The molecular weight excluding hydrogens is 460 g/mol. The van der Waals surface area contributed by atoms with E-state index in [0.29, 0.717) is 16.7 Å². The van der Waals surface area contributed by atoms with Gasteiger partial charge in [-0.3, -0.25) is 4.79 Å². The lowest BCUT2D eigenvalue weighted by molar-refractivity contribution is -0.274. The van der Waals surface area contributed by atoms with Crippen molar-refractivity contribution >= 4 is 28.4 Å². The summed E-state index contributed by atoms with van der Waals surface area (Å²) in [5, 5.41) is 16.8. The van der Waals surface area contributed by atoms with Crippen LogP contribution in [0.25, 0.3) is 16.7 Å². The summed E-state index contributed by atoms with van der Waals surface area (Å²) in [4.78, 5) is 20.4. The standard InChI is InChI=1S/C21H16F4N6O3/c1-10-16-17(19(26)28-9-27-16)31(30-10)15-6-5-12(8-14(15)22)29-20(33)18(32)11-3-2-4-13(7-11)34-21(23,24)25/h2-9,18,32H,1H3,(H,29,33)(H2,26,27,28). The van der Waals surface area contributed by atoms with E-state index < -0.39 is 29.9 Å². The summed E-state index contributed by atoms with van der Waals surface area (Å²) in [5.41, 5.74) is 7.01. The molecule has 2 heterocycles. The zero-order valence-electron chi connectivity index (χ0n) is 17.3. The van der Waals surface area contributed by atoms with E-state index in [2.05, 4.69) is 25.1 Å². The van der Waals surface area contributed by atoms with E-state index in [0.717, 1.165) is 18.2 Å². The molecule has 0 saturated heterocycles. The average molecular weight is 476 g/mol. The van der Waals surface area contributed by atoms with Crippen molar-refractivity contribution < 1.29 is 32.2 Å². The Kier molecular flexibility index (Phi) is 5.79. The molecular formula is C21H16F4N6O3. The lowest BCUT2D eigenvalue weighted by Gasteiger charge is -2.14. The molecule has 0 bridgehead atoms. The normalized spacial score (nSPS) is 12.5. The van der Waals surface area contributed by atoms with Crippen LogP contribution in [0.5, 0.6) is 5.75 Å². The predicted octanol–water partition coefficient (Wildman–Crippen LogP) is 3.42. The van der Waals surface area contributed by atoms with Gasteiger partial charge in [0.15, 0.2) is 17.7 Å². The Labute approximate surface area is 188 Å². The van der Waals surface area contributed by atoms with Gasteiger partial charge in [-0.2, -0.15) is 5.10 Å². The van der Waals surface area contributed by atoms with Gasteiger partial charge in [-0.15, -0.1) is 13.2 Å². The number of nitrogens with two attached hydrogens (primary N) is 1. The van der Waals surface area contributed by atoms with Crippen molar-refractivity contribution in [3.8, 4) is 11.4 Å². The van der Waals surface area contributed by atoms with Crippen LogP contribution in [0.2, 0.25) is 0 Å². The molecule has 2 aromatic heterocycles. The van der Waals surface area contributed by atoms with Crippen LogP contribution in [0.3, 0.4) is 0 Å². The number of rotatable bonds is 5. The number of anilines is 2. The highest BCUT2D eigenvalue weighted by Crippen LogP contribution is 2.28. The fraction of sp³-hybridized carbons (Fsp3) is 0.143. The van der Waals surface area contributed by atoms with Crippen molar-refractivity contribution in [2.24, 2.45) is 0 Å². The quantitative estimate of drug-likeness (QED) is 0.377. The number of alkyl halides is 3. The number of fused-ring (bicyclic) bond motifs is 1. The van der Waals surface area contributed by atoms with Gasteiger partial charge in [0.05, 0.1) is 5.69 Å². The van der Waals surface area contributed by atoms with E-state index in [1.54, 1.807) is 6.92 Å². The highest BCUT2D eigenvalue weighted by atomic mass is 19.4. The minimum atomic E-state index is -4.93. The van der Waals surface area contributed by atoms with Gasteiger partial charge in [-0.05, 0) is 42.8 Å². The lowest BCUT2D eigenvalue weighted by Crippen LogP contribution is -2.21. The summed E-state index contributed by atoms with van der Waals surface area (Å²) in [5.74, 6) is -2.27. The number of nitrogen functional groups attached to an aromatic ring is 1. The Morgan fingerprint density at radius 1 is 1.21 bits per heavy atom. The third kappa shape index (κ3) is 4.59. The van der Waals surface area contributed by atoms with Gasteiger partial charge in [0.25, 0.3) is 5.91 Å². The van der Waals surface area contributed by atoms with Crippen molar-refractivity contribution in [2.75, 3.05) is 11.1 Å². The summed E-state index contributed by atoms with van der Waals surface area (Å²) < 4.78 is 57.1. The molecule has 2 aromatic carbocycles. The number of aromatic nitrogens is 4. The van der Waals surface area contributed by atoms with E-state index in [1.165, 1.54) is 35.3 Å². The van der Waals surface area contributed by atoms with Gasteiger partial charge in [-0.25, -0.2) is 19.0 Å².